The fraction of sp³-hybridized carbons (Fsp3) is 0.0667. The van der Waals surface area contributed by atoms with Crippen molar-refractivity contribution in [1.29, 1.82) is 0 Å². The van der Waals surface area contributed by atoms with E-state index in [-0.39, 0.29) is 5.75 Å². The van der Waals surface area contributed by atoms with Crippen LogP contribution in [0.1, 0.15) is 5.56 Å². The molecule has 4 nitrogen and oxygen atoms in total. The van der Waals surface area contributed by atoms with Gasteiger partial charge in [0.05, 0.1) is 11.0 Å². The quantitative estimate of drug-likeness (QED) is 0.632. The maximum Gasteiger partial charge on any atom is 0.230 e. The number of fused-ring (bicyclic) bond motifs is 1. The minimum atomic E-state index is 0.200. The molecule has 2 aromatic carbocycles. The fourth-order valence-corrected chi connectivity index (χ4v) is 2.68. The number of halogens is 2. The summed E-state index contributed by atoms with van der Waals surface area (Å²) in [6, 6.07) is 11.0. The van der Waals surface area contributed by atoms with Crippen molar-refractivity contribution >= 4 is 55.1 Å². The normalized spacial score (nSPS) is 11.6. The minimum Gasteiger partial charge on any atom is -0.507 e. The lowest BCUT2D eigenvalue weighted by atomic mass is 10.2. The fourth-order valence-electron chi connectivity index (χ4n) is 2.01. The Hall–Kier alpha value is -1.66. The van der Waals surface area contributed by atoms with Crippen LogP contribution in [0.3, 0.4) is 0 Å². The van der Waals surface area contributed by atoms with Crippen molar-refractivity contribution in [2.45, 2.75) is 0 Å². The highest BCUT2D eigenvalue weighted by Crippen LogP contribution is 2.30. The molecule has 0 aliphatic carbocycles. The van der Waals surface area contributed by atoms with E-state index in [1.54, 1.807) is 24.4 Å². The first-order chi connectivity index (χ1) is 10.1. The van der Waals surface area contributed by atoms with Gasteiger partial charge in [-0.05, 0) is 56.1 Å². The van der Waals surface area contributed by atoms with Gasteiger partial charge in [0, 0.05) is 27.8 Å². The highest BCUT2D eigenvalue weighted by atomic mass is 79.9. The highest BCUT2D eigenvalue weighted by molar-refractivity contribution is 9.13. The number of phenolic OH excluding ortho intramolecular Hbond substituents is 1. The number of hydrogen-bond donors (Lipinski definition) is 1. The Labute approximate surface area is 138 Å². The molecule has 3 rings (SSSR count). The minimum absolute atomic E-state index is 0.200. The second-order valence-corrected chi connectivity index (χ2v) is 6.25. The van der Waals surface area contributed by atoms with Gasteiger partial charge in [-0.1, -0.05) is 12.1 Å². The first kappa shape index (κ1) is 14.3. The van der Waals surface area contributed by atoms with Crippen LogP contribution in [-0.4, -0.2) is 20.9 Å². The van der Waals surface area contributed by atoms with Gasteiger partial charge >= 0.3 is 0 Å². The highest BCUT2D eigenvalue weighted by Gasteiger charge is 2.09. The molecule has 6 heteroatoms. The van der Waals surface area contributed by atoms with Gasteiger partial charge in [0.15, 0.2) is 0 Å². The predicted octanol–water partition coefficient (Wildman–Crippen LogP) is 4.55. The van der Waals surface area contributed by atoms with Crippen molar-refractivity contribution in [3.63, 3.8) is 0 Å². The van der Waals surface area contributed by atoms with Gasteiger partial charge in [0.1, 0.15) is 5.75 Å². The number of hydrogen-bond acceptors (Lipinski definition) is 3. The van der Waals surface area contributed by atoms with E-state index in [1.165, 1.54) is 0 Å². The van der Waals surface area contributed by atoms with E-state index in [0.29, 0.717) is 11.5 Å². The number of phenols is 1. The average molecular weight is 409 g/mol. The summed E-state index contributed by atoms with van der Waals surface area (Å²) in [4.78, 5) is 8.86. The molecule has 0 saturated carbocycles. The third kappa shape index (κ3) is 2.73. The number of aromatic nitrogens is 2. The molecule has 0 aliphatic rings. The molecule has 3 aromatic rings. The average Bonchev–Trinajstić information content (AvgIpc) is 2.75. The van der Waals surface area contributed by atoms with Gasteiger partial charge in [0.25, 0.3) is 0 Å². The van der Waals surface area contributed by atoms with Crippen LogP contribution in [0.2, 0.25) is 0 Å². The van der Waals surface area contributed by atoms with E-state index in [1.807, 2.05) is 29.8 Å². The van der Waals surface area contributed by atoms with Gasteiger partial charge in [-0.3, -0.25) is 0 Å². The van der Waals surface area contributed by atoms with Crippen molar-refractivity contribution in [2.24, 2.45) is 12.0 Å². The lowest BCUT2D eigenvalue weighted by molar-refractivity contribution is 0.474. The van der Waals surface area contributed by atoms with Crippen molar-refractivity contribution in [1.82, 2.24) is 9.55 Å². The number of nitrogens with zero attached hydrogens (tertiary/aromatic N) is 3. The number of aryl methyl sites for hydroxylation is 1. The Morgan fingerprint density at radius 2 is 1.90 bits per heavy atom. The Morgan fingerprint density at radius 1 is 1.19 bits per heavy atom. The van der Waals surface area contributed by atoms with E-state index < -0.39 is 0 Å². The number of aromatic hydroxyl groups is 1. The molecular weight excluding hydrogens is 398 g/mol. The lowest BCUT2D eigenvalue weighted by Gasteiger charge is -1.99. The summed E-state index contributed by atoms with van der Waals surface area (Å²) in [5.74, 6) is 0.781. The second-order valence-electron chi connectivity index (χ2n) is 4.54. The standard InChI is InChI=1S/C15H11Br2N3O/c1-20-13-7-11(17)10(16)6-12(13)19-15(20)18-8-9-4-2-3-5-14(9)21/h2-8,21H,1H3/b18-8+. The third-order valence-corrected chi connectivity index (χ3v) is 5.00. The van der Waals surface area contributed by atoms with Crippen LogP contribution in [0.5, 0.6) is 5.75 Å². The zero-order valence-electron chi connectivity index (χ0n) is 11.1. The first-order valence-electron chi connectivity index (χ1n) is 6.20. The van der Waals surface area contributed by atoms with E-state index >= 15 is 0 Å². The summed E-state index contributed by atoms with van der Waals surface area (Å²) in [5, 5.41) is 9.74. The van der Waals surface area contributed by atoms with Crippen LogP contribution in [0, 0.1) is 0 Å². The Balaban J connectivity index is 2.05. The molecule has 0 saturated heterocycles. The van der Waals surface area contributed by atoms with E-state index in [2.05, 4.69) is 41.8 Å². The zero-order valence-corrected chi connectivity index (χ0v) is 14.3. The summed E-state index contributed by atoms with van der Waals surface area (Å²) < 4.78 is 3.82. The number of para-hydroxylation sites is 1. The van der Waals surface area contributed by atoms with Crippen LogP contribution in [0.15, 0.2) is 50.3 Å². The molecule has 106 valence electrons. The molecular formula is C15H11Br2N3O. The van der Waals surface area contributed by atoms with Crippen molar-refractivity contribution in [2.75, 3.05) is 0 Å². The van der Waals surface area contributed by atoms with Crippen LogP contribution < -0.4 is 0 Å². The van der Waals surface area contributed by atoms with Gasteiger partial charge < -0.3 is 9.67 Å². The molecule has 1 aromatic heterocycles. The summed E-state index contributed by atoms with van der Waals surface area (Å²) in [6.45, 7) is 0. The largest absolute Gasteiger partial charge is 0.507 e. The summed E-state index contributed by atoms with van der Waals surface area (Å²) >= 11 is 6.95. The van der Waals surface area contributed by atoms with Gasteiger partial charge in [-0.2, -0.15) is 0 Å². The maximum atomic E-state index is 9.74. The van der Waals surface area contributed by atoms with Gasteiger partial charge in [0.2, 0.25) is 5.95 Å². The zero-order chi connectivity index (χ0) is 15.0. The molecule has 21 heavy (non-hydrogen) atoms. The van der Waals surface area contributed by atoms with Crippen LogP contribution in [-0.2, 0) is 7.05 Å². The van der Waals surface area contributed by atoms with Gasteiger partial charge in [-0.25, -0.2) is 9.98 Å². The summed E-state index contributed by atoms with van der Waals surface area (Å²) in [6.07, 6.45) is 1.61. The Bertz CT molecular complexity index is 855. The molecule has 0 aliphatic heterocycles. The van der Waals surface area contributed by atoms with Crippen molar-refractivity contribution in [3.05, 3.63) is 50.9 Å². The Kier molecular flexibility index (Phi) is 3.82. The first-order valence-corrected chi connectivity index (χ1v) is 7.78. The molecule has 0 spiro atoms. The number of imidazole rings is 1. The van der Waals surface area contributed by atoms with Crippen molar-refractivity contribution in [3.8, 4) is 5.75 Å². The number of aliphatic imine (C=N–C) groups is 1. The monoisotopic (exact) mass is 407 g/mol. The summed E-state index contributed by atoms with van der Waals surface area (Å²) in [5.41, 5.74) is 2.50. The molecule has 0 radical (unpaired) electrons. The molecule has 1 N–H and O–H groups in total. The molecule has 1 heterocycles. The molecule has 0 unspecified atom stereocenters. The van der Waals surface area contributed by atoms with E-state index in [4.69, 9.17) is 0 Å². The van der Waals surface area contributed by atoms with Gasteiger partial charge in [-0.15, -0.1) is 0 Å². The molecule has 0 atom stereocenters. The second kappa shape index (κ2) is 5.61. The Morgan fingerprint density at radius 3 is 2.67 bits per heavy atom. The predicted molar refractivity (Wildman–Crippen MR) is 91.5 cm³/mol. The topological polar surface area (TPSA) is 50.4 Å². The van der Waals surface area contributed by atoms with Crippen LogP contribution in [0.25, 0.3) is 11.0 Å². The van der Waals surface area contributed by atoms with E-state index in [9.17, 15) is 5.11 Å². The third-order valence-electron chi connectivity index (χ3n) is 3.16. The summed E-state index contributed by atoms with van der Waals surface area (Å²) in [7, 11) is 1.91. The van der Waals surface area contributed by atoms with Crippen LogP contribution in [0.4, 0.5) is 5.95 Å². The van der Waals surface area contributed by atoms with E-state index in [0.717, 1.165) is 20.0 Å². The number of benzene rings is 2. The van der Waals surface area contributed by atoms with Crippen LogP contribution >= 0.6 is 31.9 Å². The number of rotatable bonds is 2. The lowest BCUT2D eigenvalue weighted by Crippen LogP contribution is -1.88. The SMILES string of the molecule is Cn1c(/N=C/c2ccccc2O)nc2cc(Br)c(Br)cc21. The van der Waals surface area contributed by atoms with Crippen molar-refractivity contribution < 1.29 is 5.11 Å². The molecule has 0 amide bonds. The molecule has 0 fully saturated rings. The smallest absolute Gasteiger partial charge is 0.230 e. The molecule has 0 bridgehead atoms. The maximum absolute atomic E-state index is 9.74.